The number of hydrogen-bond donors (Lipinski definition) is 1. The number of nitrogens with one attached hydrogen (secondary N) is 1. The molecule has 0 aromatic heterocycles. The molecule has 2 unspecified atom stereocenters. The third-order valence-electron chi connectivity index (χ3n) is 6.32. The highest BCUT2D eigenvalue weighted by Gasteiger charge is 2.35. The summed E-state index contributed by atoms with van der Waals surface area (Å²) in [5.74, 6) is 1.06. The molecule has 1 aliphatic carbocycles. The predicted molar refractivity (Wildman–Crippen MR) is 130 cm³/mol. The average molecular weight is 487 g/mol. The van der Waals surface area contributed by atoms with E-state index >= 15 is 0 Å². The van der Waals surface area contributed by atoms with E-state index in [1.165, 1.54) is 11.3 Å². The number of rotatable bonds is 8. The molecule has 182 valence electrons. The maximum absolute atomic E-state index is 13.7. The van der Waals surface area contributed by atoms with E-state index in [4.69, 9.17) is 25.8 Å². The summed E-state index contributed by atoms with van der Waals surface area (Å²) in [6, 6.07) is 13.9. The molecule has 7 nitrogen and oxygen atoms in total. The first-order valence-electron chi connectivity index (χ1n) is 11.8. The average Bonchev–Trinajstić information content (AvgIpc) is 2.88. The Morgan fingerprint density at radius 2 is 1.88 bits per heavy atom. The zero-order chi connectivity index (χ0) is 23.9. The fraction of sp³-hybridized carbons (Fsp3) is 0.462. The summed E-state index contributed by atoms with van der Waals surface area (Å²) in [5, 5.41) is 3.18. The molecule has 2 atom stereocenters. The topological polar surface area (TPSA) is 77.1 Å². The van der Waals surface area contributed by atoms with Gasteiger partial charge < -0.3 is 24.4 Å². The van der Waals surface area contributed by atoms with Gasteiger partial charge >= 0.3 is 0 Å². The zero-order valence-corrected chi connectivity index (χ0v) is 20.1. The summed E-state index contributed by atoms with van der Waals surface area (Å²) >= 11 is 6.01. The minimum Gasteiger partial charge on any atom is -0.497 e. The van der Waals surface area contributed by atoms with Gasteiger partial charge in [0.2, 0.25) is 11.8 Å². The minimum absolute atomic E-state index is 0.100. The van der Waals surface area contributed by atoms with Crippen molar-refractivity contribution >= 4 is 23.4 Å². The molecule has 1 heterocycles. The number of para-hydroxylation sites is 2. The molecular weight excluding hydrogens is 456 g/mol. The lowest BCUT2D eigenvalue weighted by molar-refractivity contribution is -0.141. The largest absolute Gasteiger partial charge is 0.497 e. The smallest absolute Gasteiger partial charge is 0.247 e. The number of carbonyl (C=O) groups excluding carboxylic acids is 2. The Morgan fingerprint density at radius 1 is 1.12 bits per heavy atom. The third-order valence-corrected chi connectivity index (χ3v) is 6.55. The number of alkyl halides is 1. The molecule has 8 heteroatoms. The van der Waals surface area contributed by atoms with Gasteiger partial charge in [0.15, 0.2) is 17.6 Å². The van der Waals surface area contributed by atoms with Gasteiger partial charge in [-0.25, -0.2) is 0 Å². The molecule has 2 amide bonds. The molecule has 2 aromatic carbocycles. The van der Waals surface area contributed by atoms with Crippen LogP contribution in [0.5, 0.6) is 17.2 Å². The summed E-state index contributed by atoms with van der Waals surface area (Å²) in [4.78, 5) is 28.2. The summed E-state index contributed by atoms with van der Waals surface area (Å²) in [5.41, 5.74) is 0.656. The molecule has 2 aromatic rings. The van der Waals surface area contributed by atoms with E-state index in [1.54, 1.807) is 13.2 Å². The SMILES string of the molecule is COc1cccc(C(C(=O)NC2CCCCC2)N(CC2COc3ccccc3O2)C(=O)CCl)c1. The van der Waals surface area contributed by atoms with E-state index < -0.39 is 12.1 Å². The highest BCUT2D eigenvalue weighted by Crippen LogP contribution is 2.33. The van der Waals surface area contributed by atoms with Crippen molar-refractivity contribution in [1.82, 2.24) is 10.2 Å². The molecule has 1 N–H and O–H groups in total. The van der Waals surface area contributed by atoms with Gasteiger partial charge in [-0.1, -0.05) is 43.5 Å². The van der Waals surface area contributed by atoms with Gasteiger partial charge in [0.05, 0.1) is 13.7 Å². The summed E-state index contributed by atoms with van der Waals surface area (Å²) in [7, 11) is 1.57. The van der Waals surface area contributed by atoms with Crippen molar-refractivity contribution in [3.05, 3.63) is 54.1 Å². The highest BCUT2D eigenvalue weighted by molar-refractivity contribution is 6.27. The van der Waals surface area contributed by atoms with Crippen LogP contribution in [0.15, 0.2) is 48.5 Å². The number of fused-ring (bicyclic) bond motifs is 1. The summed E-state index contributed by atoms with van der Waals surface area (Å²) in [6.07, 6.45) is 4.80. The van der Waals surface area contributed by atoms with Crippen LogP contribution in [0.25, 0.3) is 0 Å². The Morgan fingerprint density at radius 3 is 2.62 bits per heavy atom. The number of amides is 2. The van der Waals surface area contributed by atoms with Crippen LogP contribution >= 0.6 is 11.6 Å². The van der Waals surface area contributed by atoms with E-state index in [9.17, 15) is 9.59 Å². The van der Waals surface area contributed by atoms with Crippen molar-refractivity contribution in [3.63, 3.8) is 0 Å². The molecule has 0 saturated heterocycles. The van der Waals surface area contributed by atoms with Gasteiger partial charge in [0, 0.05) is 6.04 Å². The second kappa shape index (κ2) is 11.5. The lowest BCUT2D eigenvalue weighted by Gasteiger charge is -2.36. The van der Waals surface area contributed by atoms with Crippen molar-refractivity contribution in [2.75, 3.05) is 26.1 Å². The van der Waals surface area contributed by atoms with Crippen LogP contribution in [0, 0.1) is 0 Å². The number of hydrogen-bond acceptors (Lipinski definition) is 5. The standard InChI is InChI=1S/C26H31ClN2O5/c1-32-20-11-7-8-18(14-20)25(26(31)28-19-9-3-2-4-10-19)29(24(30)15-27)16-21-17-33-22-12-5-6-13-23(22)34-21/h5-8,11-14,19,21,25H,2-4,9-10,15-17H2,1H3,(H,28,31). The number of ether oxygens (including phenoxy) is 3. The Bertz CT molecular complexity index is 995. The van der Waals surface area contributed by atoms with Crippen molar-refractivity contribution in [2.45, 2.75) is 50.3 Å². The van der Waals surface area contributed by atoms with E-state index in [2.05, 4.69) is 5.32 Å². The van der Waals surface area contributed by atoms with E-state index in [-0.39, 0.29) is 36.9 Å². The Labute approximate surface area is 205 Å². The van der Waals surface area contributed by atoms with Crippen molar-refractivity contribution in [2.24, 2.45) is 0 Å². The number of nitrogens with zero attached hydrogens (tertiary/aromatic N) is 1. The molecule has 1 fully saturated rings. The first-order chi connectivity index (χ1) is 16.6. The van der Waals surface area contributed by atoms with Crippen LogP contribution in [0.1, 0.15) is 43.7 Å². The Balaban J connectivity index is 1.62. The second-order valence-electron chi connectivity index (χ2n) is 8.70. The normalized spacial score (nSPS) is 18.6. The Kier molecular flexibility index (Phi) is 8.16. The molecule has 0 bridgehead atoms. The van der Waals surface area contributed by atoms with Crippen LogP contribution in [0.4, 0.5) is 0 Å². The quantitative estimate of drug-likeness (QED) is 0.569. The molecule has 34 heavy (non-hydrogen) atoms. The second-order valence-corrected chi connectivity index (χ2v) is 8.97. The monoisotopic (exact) mass is 486 g/mol. The molecular formula is C26H31ClN2O5. The molecule has 1 aliphatic heterocycles. The lowest BCUT2D eigenvalue weighted by atomic mass is 9.94. The van der Waals surface area contributed by atoms with Gasteiger partial charge in [0.1, 0.15) is 24.3 Å². The first kappa shape index (κ1) is 24.2. The van der Waals surface area contributed by atoms with Gasteiger partial charge in [-0.2, -0.15) is 0 Å². The minimum atomic E-state index is -0.871. The number of benzene rings is 2. The van der Waals surface area contributed by atoms with Gasteiger partial charge in [-0.3, -0.25) is 9.59 Å². The fourth-order valence-corrected chi connectivity index (χ4v) is 4.77. The number of halogens is 1. The van der Waals surface area contributed by atoms with Crippen molar-refractivity contribution in [1.29, 1.82) is 0 Å². The van der Waals surface area contributed by atoms with Gasteiger partial charge in [-0.05, 0) is 42.7 Å². The van der Waals surface area contributed by atoms with Crippen LogP contribution in [0.3, 0.4) is 0 Å². The molecule has 1 saturated carbocycles. The first-order valence-corrected chi connectivity index (χ1v) is 12.3. The highest BCUT2D eigenvalue weighted by atomic mass is 35.5. The maximum atomic E-state index is 13.7. The Hall–Kier alpha value is -2.93. The van der Waals surface area contributed by atoms with Gasteiger partial charge in [0.25, 0.3) is 0 Å². The zero-order valence-electron chi connectivity index (χ0n) is 19.4. The maximum Gasteiger partial charge on any atom is 0.247 e. The lowest BCUT2D eigenvalue weighted by Crippen LogP contribution is -2.51. The molecule has 0 radical (unpaired) electrons. The fourth-order valence-electron chi connectivity index (χ4n) is 4.61. The molecule has 4 rings (SSSR count). The molecule has 0 spiro atoms. The summed E-state index contributed by atoms with van der Waals surface area (Å²) < 4.78 is 17.3. The number of methoxy groups -OCH3 is 1. The van der Waals surface area contributed by atoms with Crippen LogP contribution in [0.2, 0.25) is 0 Å². The molecule has 2 aliphatic rings. The van der Waals surface area contributed by atoms with Crippen LogP contribution in [-0.4, -0.2) is 55.0 Å². The third kappa shape index (κ3) is 5.76. The van der Waals surface area contributed by atoms with E-state index in [0.717, 1.165) is 25.7 Å². The van der Waals surface area contributed by atoms with Crippen LogP contribution < -0.4 is 19.5 Å². The predicted octanol–water partition coefficient (Wildman–Crippen LogP) is 4.09. The van der Waals surface area contributed by atoms with Gasteiger partial charge in [-0.15, -0.1) is 11.6 Å². The van der Waals surface area contributed by atoms with Crippen molar-refractivity contribution < 1.29 is 23.8 Å². The van der Waals surface area contributed by atoms with Crippen molar-refractivity contribution in [3.8, 4) is 17.2 Å². The van der Waals surface area contributed by atoms with E-state index in [0.29, 0.717) is 22.8 Å². The van der Waals surface area contributed by atoms with Crippen LogP contribution in [-0.2, 0) is 9.59 Å². The number of carbonyl (C=O) groups is 2. The summed E-state index contributed by atoms with van der Waals surface area (Å²) in [6.45, 7) is 0.415. The van der Waals surface area contributed by atoms with E-state index in [1.807, 2.05) is 42.5 Å².